The second-order valence-electron chi connectivity index (χ2n) is 4.98. The molecule has 2 aromatic rings. The number of alkyl halides is 3. The van der Waals surface area contributed by atoms with Crippen molar-refractivity contribution in [1.82, 2.24) is 4.57 Å². The molecule has 0 aliphatic carbocycles. The van der Waals surface area contributed by atoms with Crippen LogP contribution in [0.5, 0.6) is 5.75 Å². The fraction of sp³-hybridized carbons (Fsp3) is 0.286. The van der Waals surface area contributed by atoms with E-state index < -0.39 is 24.4 Å². The van der Waals surface area contributed by atoms with Gasteiger partial charge >= 0.3 is 6.18 Å². The van der Waals surface area contributed by atoms with Crippen LogP contribution < -0.4 is 4.74 Å². The normalized spacial score (nSPS) is 15.3. The van der Waals surface area contributed by atoms with E-state index in [0.29, 0.717) is 0 Å². The predicted octanol–water partition coefficient (Wildman–Crippen LogP) is 3.33. The topological polar surface area (TPSA) is 55.1 Å². The van der Waals surface area contributed by atoms with Gasteiger partial charge in [0.05, 0.1) is 16.9 Å². The first-order chi connectivity index (χ1) is 10.3. The second-order valence-corrected chi connectivity index (χ2v) is 4.98. The van der Waals surface area contributed by atoms with Crippen LogP contribution in [0.2, 0.25) is 0 Å². The van der Waals surface area contributed by atoms with Crippen LogP contribution in [0.4, 0.5) is 17.6 Å². The molecule has 1 aliphatic rings. The predicted molar refractivity (Wildman–Crippen MR) is 70.1 cm³/mol. The second kappa shape index (κ2) is 4.82. The standard InChI is InChI=1S/C14H10F4N2O2/c15-8-3-7-4-10-13(21)9(19)1-2-20(10)12(7)11(5-8)22-6-14(16,17)18/h3-5,19H,1-2,6H2. The third-order valence-electron chi connectivity index (χ3n) is 3.41. The molecule has 0 fully saturated rings. The van der Waals surface area contributed by atoms with Crippen LogP contribution in [0.3, 0.4) is 0 Å². The average molecular weight is 314 g/mol. The first-order valence-electron chi connectivity index (χ1n) is 6.41. The lowest BCUT2D eigenvalue weighted by molar-refractivity contribution is -0.153. The van der Waals surface area contributed by atoms with Crippen molar-refractivity contribution in [3.05, 3.63) is 29.7 Å². The van der Waals surface area contributed by atoms with E-state index in [2.05, 4.69) is 0 Å². The van der Waals surface area contributed by atoms with E-state index in [1.54, 1.807) is 0 Å². The van der Waals surface area contributed by atoms with Crippen molar-refractivity contribution in [2.24, 2.45) is 0 Å². The van der Waals surface area contributed by atoms with Crippen LogP contribution in [0.15, 0.2) is 18.2 Å². The van der Waals surface area contributed by atoms with E-state index in [0.717, 1.165) is 12.1 Å². The summed E-state index contributed by atoms with van der Waals surface area (Å²) in [5, 5.41) is 7.81. The molecule has 1 aromatic carbocycles. The van der Waals surface area contributed by atoms with Gasteiger partial charge in [0, 0.05) is 24.4 Å². The van der Waals surface area contributed by atoms with Crippen molar-refractivity contribution < 1.29 is 27.1 Å². The summed E-state index contributed by atoms with van der Waals surface area (Å²) in [4.78, 5) is 11.9. The number of aromatic nitrogens is 1. The van der Waals surface area contributed by atoms with Crippen LogP contribution in [-0.2, 0) is 6.54 Å². The molecule has 2 heterocycles. The number of Topliss-reactive ketones (excluding diaryl/α,β-unsaturated/α-hetero) is 1. The van der Waals surface area contributed by atoms with Gasteiger partial charge in [0.2, 0.25) is 5.78 Å². The fourth-order valence-corrected chi connectivity index (χ4v) is 2.52. The van der Waals surface area contributed by atoms with Gasteiger partial charge in [0.25, 0.3) is 0 Å². The molecule has 1 N–H and O–H groups in total. The Balaban J connectivity index is 2.14. The van der Waals surface area contributed by atoms with Crippen LogP contribution in [0.25, 0.3) is 10.9 Å². The minimum Gasteiger partial charge on any atom is -0.482 e. The van der Waals surface area contributed by atoms with Crippen molar-refractivity contribution in [3.63, 3.8) is 0 Å². The van der Waals surface area contributed by atoms with E-state index in [1.807, 2.05) is 0 Å². The Hall–Kier alpha value is -2.38. The van der Waals surface area contributed by atoms with Crippen molar-refractivity contribution in [3.8, 4) is 5.75 Å². The summed E-state index contributed by atoms with van der Waals surface area (Å²) in [7, 11) is 0. The van der Waals surface area contributed by atoms with Gasteiger partial charge in [-0.3, -0.25) is 4.79 Å². The molecule has 1 aromatic heterocycles. The van der Waals surface area contributed by atoms with E-state index >= 15 is 0 Å². The number of halogens is 4. The van der Waals surface area contributed by atoms with E-state index in [4.69, 9.17) is 10.1 Å². The molecule has 0 saturated heterocycles. The van der Waals surface area contributed by atoms with Crippen molar-refractivity contribution in [1.29, 1.82) is 5.41 Å². The van der Waals surface area contributed by atoms with Crippen molar-refractivity contribution in [2.75, 3.05) is 6.61 Å². The Labute approximate surface area is 121 Å². The number of carbonyl (C=O) groups is 1. The number of ether oxygens (including phenoxy) is 1. The Kier molecular flexibility index (Phi) is 3.19. The first-order valence-corrected chi connectivity index (χ1v) is 6.41. The van der Waals surface area contributed by atoms with Gasteiger partial charge in [-0.05, 0) is 12.1 Å². The number of rotatable bonds is 2. The van der Waals surface area contributed by atoms with Gasteiger partial charge in [-0.2, -0.15) is 13.2 Å². The monoisotopic (exact) mass is 314 g/mol. The van der Waals surface area contributed by atoms with Crippen LogP contribution >= 0.6 is 0 Å². The summed E-state index contributed by atoms with van der Waals surface area (Å²) in [6, 6.07) is 3.36. The zero-order valence-electron chi connectivity index (χ0n) is 11.1. The number of hydrogen-bond acceptors (Lipinski definition) is 3. The number of nitrogens with one attached hydrogen (secondary N) is 1. The molecule has 0 spiro atoms. The maximum Gasteiger partial charge on any atom is 0.422 e. The van der Waals surface area contributed by atoms with Gasteiger partial charge in [-0.1, -0.05) is 0 Å². The molecule has 0 saturated carbocycles. The maximum absolute atomic E-state index is 13.6. The molecule has 0 unspecified atom stereocenters. The molecule has 0 bridgehead atoms. The molecule has 4 nitrogen and oxygen atoms in total. The third-order valence-corrected chi connectivity index (χ3v) is 3.41. The zero-order chi connectivity index (χ0) is 16.1. The molecule has 8 heteroatoms. The third kappa shape index (κ3) is 2.44. The highest BCUT2D eigenvalue weighted by atomic mass is 19.4. The SMILES string of the molecule is N=C1CCn2c(cc3cc(F)cc(OCC(F)(F)F)c32)C1=O. The fourth-order valence-electron chi connectivity index (χ4n) is 2.52. The number of ketones is 1. The van der Waals surface area contributed by atoms with Crippen LogP contribution in [0, 0.1) is 11.2 Å². The largest absolute Gasteiger partial charge is 0.482 e. The van der Waals surface area contributed by atoms with Crippen LogP contribution in [0.1, 0.15) is 16.9 Å². The maximum atomic E-state index is 13.6. The van der Waals surface area contributed by atoms with Gasteiger partial charge in [-0.25, -0.2) is 4.39 Å². The summed E-state index contributed by atoms with van der Waals surface area (Å²) in [5.41, 5.74) is 0.323. The molecule has 0 atom stereocenters. The zero-order valence-corrected chi connectivity index (χ0v) is 11.1. The Morgan fingerprint density at radius 3 is 2.68 bits per heavy atom. The molecular weight excluding hydrogens is 304 g/mol. The molecule has 1 aliphatic heterocycles. The molecule has 0 radical (unpaired) electrons. The van der Waals surface area contributed by atoms with E-state index in [-0.39, 0.29) is 41.0 Å². The minimum absolute atomic E-state index is 0.0754. The highest BCUT2D eigenvalue weighted by molar-refractivity contribution is 6.45. The van der Waals surface area contributed by atoms with E-state index in [1.165, 1.54) is 10.6 Å². The highest BCUT2D eigenvalue weighted by Gasteiger charge is 2.30. The Morgan fingerprint density at radius 2 is 2.00 bits per heavy atom. The average Bonchev–Trinajstić information content (AvgIpc) is 2.78. The molecule has 116 valence electrons. The molecular formula is C14H10F4N2O2. The lowest BCUT2D eigenvalue weighted by Gasteiger charge is -2.17. The van der Waals surface area contributed by atoms with Gasteiger partial charge in [-0.15, -0.1) is 0 Å². The lowest BCUT2D eigenvalue weighted by atomic mass is 10.1. The number of fused-ring (bicyclic) bond motifs is 3. The molecule has 3 rings (SSSR count). The summed E-state index contributed by atoms with van der Waals surface area (Å²) in [5.74, 6) is -1.53. The first kappa shape index (κ1) is 14.6. The smallest absolute Gasteiger partial charge is 0.422 e. The number of carbonyl (C=O) groups excluding carboxylic acids is 1. The summed E-state index contributed by atoms with van der Waals surface area (Å²) >= 11 is 0. The van der Waals surface area contributed by atoms with Gasteiger partial charge in [0.1, 0.15) is 11.6 Å². The van der Waals surface area contributed by atoms with Gasteiger partial charge < -0.3 is 14.7 Å². The van der Waals surface area contributed by atoms with Gasteiger partial charge in [0.15, 0.2) is 6.61 Å². The summed E-state index contributed by atoms with van der Waals surface area (Å²) in [6.45, 7) is -1.28. The summed E-state index contributed by atoms with van der Waals surface area (Å²) in [6.07, 6.45) is -4.38. The summed E-state index contributed by atoms with van der Waals surface area (Å²) < 4.78 is 56.7. The van der Waals surface area contributed by atoms with Crippen molar-refractivity contribution >= 4 is 22.4 Å². The highest BCUT2D eigenvalue weighted by Crippen LogP contribution is 2.33. The number of benzene rings is 1. The van der Waals surface area contributed by atoms with E-state index in [9.17, 15) is 22.4 Å². The van der Waals surface area contributed by atoms with Crippen molar-refractivity contribution in [2.45, 2.75) is 19.1 Å². The molecule has 22 heavy (non-hydrogen) atoms. The Morgan fingerprint density at radius 1 is 1.27 bits per heavy atom. The number of hydrogen-bond donors (Lipinski definition) is 1. The quantitative estimate of drug-likeness (QED) is 0.865. The molecule has 0 amide bonds. The minimum atomic E-state index is -4.55. The number of nitrogens with zero attached hydrogens (tertiary/aromatic N) is 1. The number of aryl methyl sites for hydroxylation is 1. The lowest BCUT2D eigenvalue weighted by Crippen LogP contribution is -2.25. The Bertz CT molecular complexity index is 792. The van der Waals surface area contributed by atoms with Crippen LogP contribution in [-0.4, -0.2) is 28.8 Å².